The van der Waals surface area contributed by atoms with Crippen molar-refractivity contribution in [1.82, 2.24) is 0 Å². The van der Waals surface area contributed by atoms with Gasteiger partial charge in [0, 0.05) is 0 Å². The van der Waals surface area contributed by atoms with Crippen LogP contribution in [-0.4, -0.2) is 71.1 Å². The van der Waals surface area contributed by atoms with E-state index < -0.39 is 24.5 Å². The molecule has 10 heavy (non-hydrogen) atoms. The normalized spacial score (nSPS) is 11.3. The van der Waals surface area contributed by atoms with Gasteiger partial charge in [-0.2, -0.15) is 0 Å². The Kier molecular flexibility index (Phi) is 7.56. The topological polar surface area (TPSA) is 94.8 Å². The van der Waals surface area contributed by atoms with Crippen molar-refractivity contribution in [2.24, 2.45) is 0 Å². The van der Waals surface area contributed by atoms with E-state index in [9.17, 15) is 9.59 Å². The number of rotatable bonds is 3. The van der Waals surface area contributed by atoms with Crippen molar-refractivity contribution < 1.29 is 27.8 Å². The summed E-state index contributed by atoms with van der Waals surface area (Å²) in [5, 5.41) is 24.1. The second kappa shape index (κ2) is 5.91. The average Bonchev–Trinajstić information content (AvgIpc) is 1.63. The van der Waals surface area contributed by atoms with E-state index in [1.54, 1.807) is 0 Å². The minimum absolute atomic E-state index is 0. The van der Waals surface area contributed by atoms with Crippen LogP contribution in [0.2, 0.25) is 0 Å². The zero-order valence-electron chi connectivity index (χ0n) is 7.15. The molecule has 0 saturated carbocycles. The first-order chi connectivity index (χ1) is 4.04. The van der Waals surface area contributed by atoms with E-state index in [0.29, 0.717) is 0 Å². The molecule has 0 bridgehead atoms. The molecule has 0 amide bonds. The summed E-state index contributed by atoms with van der Waals surface area (Å²) in [6.45, 7) is 0. The molecule has 0 aromatic carbocycles. The summed E-state index contributed by atoms with van der Waals surface area (Å²) in [6.07, 6.45) is -2.54. The minimum atomic E-state index is -1.79. The zero-order valence-corrected chi connectivity index (χ0v) is 7.36. The maximum Gasteiger partial charge on any atom is 2.00 e. The molecule has 0 fully saturated rings. The van der Waals surface area contributed by atoms with Crippen LogP contribution < -0.4 is 0 Å². The quantitative estimate of drug-likeness (QED) is 0.467. The first kappa shape index (κ1) is 12.8. The Balaban J connectivity index is -0.000000107. The molecule has 6 heteroatoms. The second-order valence-corrected chi connectivity index (χ2v) is 1.45. The van der Waals surface area contributed by atoms with Gasteiger partial charge in [-0.25, -0.2) is 4.79 Å². The van der Waals surface area contributed by atoms with Crippen LogP contribution in [0, 0.1) is 0 Å². The Morgan fingerprint density at radius 3 is 1.90 bits per heavy atom. The molecule has 0 spiro atoms. The maximum absolute atomic E-state index is 9.72. The molecule has 0 aromatic rings. The number of aliphatic carboxylic acids is 2. The van der Waals surface area contributed by atoms with Gasteiger partial charge in [0.2, 0.25) is 0 Å². The number of aliphatic hydroxyl groups excluding tert-OH is 1. The zero-order chi connectivity index (χ0) is 7.44. The summed E-state index contributed by atoms with van der Waals surface area (Å²) in [5.74, 6) is -2.85. The predicted octanol–water partition coefficient (Wildman–Crippen LogP) is -1.25. The van der Waals surface area contributed by atoms with Gasteiger partial charge in [-0.1, -0.05) is 0 Å². The van der Waals surface area contributed by atoms with Crippen molar-refractivity contribution in [2.75, 3.05) is 0 Å². The SMILES string of the molecule is O=C(O)CC(O)C(=O)O.[Ca+2].[H+].[H+]. The van der Waals surface area contributed by atoms with Crippen LogP contribution in [0.25, 0.3) is 0 Å². The smallest absolute Gasteiger partial charge is 0.481 e. The van der Waals surface area contributed by atoms with Crippen LogP contribution in [0.4, 0.5) is 0 Å². The molecule has 0 aliphatic heterocycles. The third-order valence-corrected chi connectivity index (χ3v) is 0.653. The van der Waals surface area contributed by atoms with E-state index in [2.05, 4.69) is 0 Å². The molecule has 0 heterocycles. The monoisotopic (exact) mass is 176 g/mol. The molecule has 5 nitrogen and oxygen atoms in total. The van der Waals surface area contributed by atoms with Gasteiger partial charge in [0.05, 0.1) is 6.42 Å². The van der Waals surface area contributed by atoms with Gasteiger partial charge in [-0.05, 0) is 0 Å². The molecular formula is C4H8CaO5+4. The van der Waals surface area contributed by atoms with Gasteiger partial charge in [-0.15, -0.1) is 0 Å². The number of carbonyl (C=O) groups is 2. The Hall–Kier alpha value is 0.160. The third-order valence-electron chi connectivity index (χ3n) is 0.653. The van der Waals surface area contributed by atoms with Crippen molar-refractivity contribution in [3.63, 3.8) is 0 Å². The Morgan fingerprint density at radius 1 is 1.40 bits per heavy atom. The summed E-state index contributed by atoms with van der Waals surface area (Å²) in [4.78, 5) is 19.4. The van der Waals surface area contributed by atoms with Crippen molar-refractivity contribution in [1.29, 1.82) is 0 Å². The summed E-state index contributed by atoms with van der Waals surface area (Å²) < 4.78 is 0. The summed E-state index contributed by atoms with van der Waals surface area (Å²) in [6, 6.07) is 0. The molecule has 1 unspecified atom stereocenters. The standard InChI is InChI=1S/C4H6O5.Ca/c5-2(4(8)9)1-3(6)7;/h2,5H,1H2,(H,6,7)(H,8,9);/q;+2/p+2. The Labute approximate surface area is 89.6 Å². The molecular weight excluding hydrogens is 168 g/mol. The molecule has 3 N–H and O–H groups in total. The van der Waals surface area contributed by atoms with Gasteiger partial charge >= 0.3 is 52.5 Å². The van der Waals surface area contributed by atoms with Crippen molar-refractivity contribution in [3.8, 4) is 0 Å². The van der Waals surface area contributed by atoms with Gasteiger partial charge in [0.25, 0.3) is 0 Å². The van der Waals surface area contributed by atoms with Crippen LogP contribution in [-0.2, 0) is 9.59 Å². The van der Waals surface area contributed by atoms with Gasteiger partial charge in [-0.3, -0.25) is 4.79 Å². The van der Waals surface area contributed by atoms with Crippen molar-refractivity contribution in [2.45, 2.75) is 12.5 Å². The summed E-state index contributed by atoms with van der Waals surface area (Å²) in [5.41, 5.74) is 0. The number of hydrogen-bond donors (Lipinski definition) is 3. The minimum Gasteiger partial charge on any atom is -0.481 e. The predicted molar refractivity (Wildman–Crippen MR) is 33.9 cm³/mol. The first-order valence-corrected chi connectivity index (χ1v) is 2.16. The molecule has 0 rings (SSSR count). The molecule has 0 aromatic heterocycles. The fourth-order valence-corrected chi connectivity index (χ4v) is 0.253. The maximum atomic E-state index is 9.72. The summed E-state index contributed by atoms with van der Waals surface area (Å²) in [7, 11) is 0. The van der Waals surface area contributed by atoms with E-state index in [-0.39, 0.29) is 40.6 Å². The van der Waals surface area contributed by atoms with Crippen molar-refractivity contribution >= 4 is 49.7 Å². The molecule has 0 aliphatic rings. The molecule has 0 aliphatic carbocycles. The van der Waals surface area contributed by atoms with Crippen LogP contribution in [0.5, 0.6) is 0 Å². The van der Waals surface area contributed by atoms with Crippen molar-refractivity contribution in [3.05, 3.63) is 0 Å². The fourth-order valence-electron chi connectivity index (χ4n) is 0.253. The molecule has 1 atom stereocenters. The first-order valence-electron chi connectivity index (χ1n) is 2.16. The van der Waals surface area contributed by atoms with E-state index in [4.69, 9.17) is 15.3 Å². The average molecular weight is 176 g/mol. The number of carboxylic acids is 2. The van der Waals surface area contributed by atoms with E-state index in [1.807, 2.05) is 0 Å². The second-order valence-electron chi connectivity index (χ2n) is 1.45. The Morgan fingerprint density at radius 2 is 1.80 bits per heavy atom. The van der Waals surface area contributed by atoms with E-state index in [1.165, 1.54) is 0 Å². The van der Waals surface area contributed by atoms with Gasteiger partial charge in [0.1, 0.15) is 0 Å². The number of carboxylic acid groups (broad SMARTS) is 2. The number of aliphatic hydroxyl groups is 1. The number of hydrogen-bond acceptors (Lipinski definition) is 3. The summed E-state index contributed by atoms with van der Waals surface area (Å²) >= 11 is 0. The molecule has 0 saturated heterocycles. The molecule has 0 radical (unpaired) electrons. The fraction of sp³-hybridized carbons (Fsp3) is 0.500. The van der Waals surface area contributed by atoms with E-state index in [0.717, 1.165) is 0 Å². The Bertz CT molecular complexity index is 141. The van der Waals surface area contributed by atoms with E-state index >= 15 is 0 Å². The van der Waals surface area contributed by atoms with Gasteiger partial charge in [0.15, 0.2) is 6.10 Å². The van der Waals surface area contributed by atoms with Crippen LogP contribution >= 0.6 is 0 Å². The van der Waals surface area contributed by atoms with Crippen LogP contribution in [0.3, 0.4) is 0 Å². The van der Waals surface area contributed by atoms with Crippen LogP contribution in [0.15, 0.2) is 0 Å². The largest absolute Gasteiger partial charge is 2.00 e. The van der Waals surface area contributed by atoms with Gasteiger partial charge < -0.3 is 15.3 Å². The molecule has 52 valence electrons. The van der Waals surface area contributed by atoms with Crippen LogP contribution in [0.1, 0.15) is 9.27 Å². The third kappa shape index (κ3) is 6.28.